The molecule has 3 N–H and O–H groups in total. The number of nitrogen functional groups attached to an aromatic ring is 1. The number of hydrogen-bond donors (Lipinski definition) is 2. The van der Waals surface area contributed by atoms with Gasteiger partial charge in [-0.1, -0.05) is 6.92 Å². The summed E-state index contributed by atoms with van der Waals surface area (Å²) < 4.78 is 5.48. The monoisotopic (exact) mass is 291 g/mol. The minimum absolute atomic E-state index is 0.0106. The van der Waals surface area contributed by atoms with E-state index in [0.29, 0.717) is 31.6 Å². The van der Waals surface area contributed by atoms with Gasteiger partial charge in [0.2, 0.25) is 5.91 Å². The molecule has 1 unspecified atom stereocenters. The van der Waals surface area contributed by atoms with E-state index in [0.717, 1.165) is 30.6 Å². The molecule has 0 radical (unpaired) electrons. The predicted octanol–water partition coefficient (Wildman–Crippen LogP) is 0.105. The molecule has 7 heteroatoms. The van der Waals surface area contributed by atoms with Crippen LogP contribution in [-0.4, -0.2) is 47.7 Å². The largest absolute Gasteiger partial charge is 0.383 e. The average molecular weight is 291 g/mol. The molecular formula is C14H21N5O2. The number of anilines is 2. The van der Waals surface area contributed by atoms with Crippen molar-refractivity contribution in [2.24, 2.45) is 0 Å². The highest BCUT2D eigenvalue weighted by Crippen LogP contribution is 2.26. The minimum atomic E-state index is -0.348. The van der Waals surface area contributed by atoms with Gasteiger partial charge < -0.3 is 20.7 Å². The first-order valence-electron chi connectivity index (χ1n) is 7.44. The number of ether oxygens (including phenoxy) is 1. The molecule has 21 heavy (non-hydrogen) atoms. The van der Waals surface area contributed by atoms with Gasteiger partial charge in [-0.05, 0) is 19.3 Å². The highest BCUT2D eigenvalue weighted by molar-refractivity contribution is 5.86. The Hall–Kier alpha value is -1.89. The first-order valence-corrected chi connectivity index (χ1v) is 7.44. The molecule has 1 aliphatic heterocycles. The summed E-state index contributed by atoms with van der Waals surface area (Å²) in [6, 6.07) is -0.0126. The van der Waals surface area contributed by atoms with Crippen LogP contribution in [0, 0.1) is 0 Å². The molecule has 1 amide bonds. The highest BCUT2D eigenvalue weighted by atomic mass is 16.5. The van der Waals surface area contributed by atoms with E-state index >= 15 is 0 Å². The molecule has 1 saturated carbocycles. The Balaban J connectivity index is 1.86. The summed E-state index contributed by atoms with van der Waals surface area (Å²) in [7, 11) is 0. The second-order valence-electron chi connectivity index (χ2n) is 5.48. The van der Waals surface area contributed by atoms with E-state index in [1.165, 1.54) is 6.33 Å². The van der Waals surface area contributed by atoms with Crippen molar-refractivity contribution in [2.75, 3.05) is 30.4 Å². The molecule has 0 spiro atoms. The third-order valence-electron chi connectivity index (χ3n) is 3.94. The molecule has 1 atom stereocenters. The molecular weight excluding hydrogens is 270 g/mol. The Kier molecular flexibility index (Phi) is 3.92. The maximum absolute atomic E-state index is 12.4. The van der Waals surface area contributed by atoms with E-state index in [9.17, 15) is 4.79 Å². The van der Waals surface area contributed by atoms with Gasteiger partial charge in [0, 0.05) is 18.2 Å². The maximum Gasteiger partial charge on any atom is 0.245 e. The zero-order valence-electron chi connectivity index (χ0n) is 12.2. The topological polar surface area (TPSA) is 93.4 Å². The van der Waals surface area contributed by atoms with Gasteiger partial charge in [0.25, 0.3) is 0 Å². The standard InChI is InChI=1S/C14H21N5O2/c1-2-10-12(15)16-8-17-13(10)19-5-6-21-7-11(19)14(20)18-9-3-4-9/h8-9,11H,2-7H2,1H3,(H,18,20)(H2,15,16,17). The summed E-state index contributed by atoms with van der Waals surface area (Å²) in [6.07, 6.45) is 4.32. The van der Waals surface area contributed by atoms with Crippen molar-refractivity contribution in [3.8, 4) is 0 Å². The smallest absolute Gasteiger partial charge is 0.245 e. The van der Waals surface area contributed by atoms with Crippen molar-refractivity contribution in [3.05, 3.63) is 11.9 Å². The summed E-state index contributed by atoms with van der Waals surface area (Å²) in [5, 5.41) is 3.04. The zero-order valence-corrected chi connectivity index (χ0v) is 12.2. The predicted molar refractivity (Wildman–Crippen MR) is 78.9 cm³/mol. The van der Waals surface area contributed by atoms with Crippen LogP contribution < -0.4 is 16.0 Å². The number of hydrogen-bond acceptors (Lipinski definition) is 6. The number of carbonyl (C=O) groups is 1. The van der Waals surface area contributed by atoms with Gasteiger partial charge in [-0.3, -0.25) is 4.79 Å². The normalized spacial score (nSPS) is 22.1. The summed E-state index contributed by atoms with van der Waals surface area (Å²) in [4.78, 5) is 22.8. The van der Waals surface area contributed by atoms with Gasteiger partial charge in [0.05, 0.1) is 13.2 Å². The molecule has 1 aliphatic carbocycles. The lowest BCUT2D eigenvalue weighted by molar-refractivity contribution is -0.124. The minimum Gasteiger partial charge on any atom is -0.383 e. The lowest BCUT2D eigenvalue weighted by Crippen LogP contribution is -2.55. The fourth-order valence-corrected chi connectivity index (χ4v) is 2.60. The van der Waals surface area contributed by atoms with E-state index in [1.54, 1.807) is 0 Å². The van der Waals surface area contributed by atoms with Crippen LogP contribution in [0.1, 0.15) is 25.3 Å². The molecule has 0 bridgehead atoms. The third-order valence-corrected chi connectivity index (χ3v) is 3.94. The molecule has 7 nitrogen and oxygen atoms in total. The number of nitrogens with zero attached hydrogens (tertiary/aromatic N) is 3. The number of carbonyl (C=O) groups excluding carboxylic acids is 1. The molecule has 0 aromatic carbocycles. The van der Waals surface area contributed by atoms with E-state index in [1.807, 2.05) is 11.8 Å². The molecule has 1 saturated heterocycles. The van der Waals surface area contributed by atoms with Crippen molar-refractivity contribution < 1.29 is 9.53 Å². The Morgan fingerprint density at radius 3 is 3.05 bits per heavy atom. The Bertz CT molecular complexity index is 532. The van der Waals surface area contributed by atoms with E-state index in [2.05, 4.69) is 15.3 Å². The van der Waals surface area contributed by atoms with Gasteiger partial charge in [-0.2, -0.15) is 0 Å². The van der Waals surface area contributed by atoms with Crippen LogP contribution in [0.4, 0.5) is 11.6 Å². The average Bonchev–Trinajstić information content (AvgIpc) is 3.31. The van der Waals surface area contributed by atoms with Crippen LogP contribution in [-0.2, 0) is 16.0 Å². The number of nitrogens with two attached hydrogens (primary N) is 1. The van der Waals surface area contributed by atoms with Crippen molar-refractivity contribution in [3.63, 3.8) is 0 Å². The van der Waals surface area contributed by atoms with Crippen LogP contribution in [0.2, 0.25) is 0 Å². The second-order valence-corrected chi connectivity index (χ2v) is 5.48. The van der Waals surface area contributed by atoms with Crippen molar-refractivity contribution in [1.82, 2.24) is 15.3 Å². The van der Waals surface area contributed by atoms with Gasteiger partial charge in [0.1, 0.15) is 24.0 Å². The molecule has 2 aliphatic rings. The van der Waals surface area contributed by atoms with E-state index in [4.69, 9.17) is 10.5 Å². The first kappa shape index (κ1) is 14.1. The van der Waals surface area contributed by atoms with E-state index in [-0.39, 0.29) is 11.9 Å². The number of amides is 1. The van der Waals surface area contributed by atoms with Crippen LogP contribution in [0.5, 0.6) is 0 Å². The third kappa shape index (κ3) is 2.92. The van der Waals surface area contributed by atoms with Gasteiger partial charge in [0.15, 0.2) is 0 Å². The zero-order chi connectivity index (χ0) is 14.8. The summed E-state index contributed by atoms with van der Waals surface area (Å²) in [6.45, 7) is 3.61. The maximum atomic E-state index is 12.4. The molecule has 114 valence electrons. The number of rotatable bonds is 4. The summed E-state index contributed by atoms with van der Waals surface area (Å²) in [5.74, 6) is 1.25. The fraction of sp³-hybridized carbons (Fsp3) is 0.643. The lowest BCUT2D eigenvalue weighted by atomic mass is 10.1. The Morgan fingerprint density at radius 2 is 2.33 bits per heavy atom. The second kappa shape index (κ2) is 5.85. The van der Waals surface area contributed by atoms with Gasteiger partial charge in [-0.15, -0.1) is 0 Å². The SMILES string of the molecule is CCc1c(N)ncnc1N1CCOCC1C(=O)NC1CC1. The van der Waals surface area contributed by atoms with Crippen molar-refractivity contribution >= 4 is 17.5 Å². The molecule has 2 heterocycles. The number of nitrogens with one attached hydrogen (secondary N) is 1. The van der Waals surface area contributed by atoms with E-state index < -0.39 is 0 Å². The first-order chi connectivity index (χ1) is 10.2. The van der Waals surface area contributed by atoms with Crippen LogP contribution in [0.15, 0.2) is 6.33 Å². The van der Waals surface area contributed by atoms with Crippen molar-refractivity contribution in [1.29, 1.82) is 0 Å². The summed E-state index contributed by atoms with van der Waals surface area (Å²) in [5.41, 5.74) is 6.83. The number of aromatic nitrogens is 2. The van der Waals surface area contributed by atoms with Crippen molar-refractivity contribution in [2.45, 2.75) is 38.3 Å². The molecule has 1 aromatic rings. The number of morpholine rings is 1. The highest BCUT2D eigenvalue weighted by Gasteiger charge is 2.34. The summed E-state index contributed by atoms with van der Waals surface area (Å²) >= 11 is 0. The van der Waals surface area contributed by atoms with Crippen LogP contribution in [0.3, 0.4) is 0 Å². The van der Waals surface area contributed by atoms with Gasteiger partial charge >= 0.3 is 0 Å². The fourth-order valence-electron chi connectivity index (χ4n) is 2.60. The Morgan fingerprint density at radius 1 is 1.52 bits per heavy atom. The molecule has 3 rings (SSSR count). The van der Waals surface area contributed by atoms with Crippen LogP contribution >= 0.6 is 0 Å². The lowest BCUT2D eigenvalue weighted by Gasteiger charge is -2.36. The molecule has 2 fully saturated rings. The molecule has 1 aromatic heterocycles. The Labute approximate surface area is 123 Å². The van der Waals surface area contributed by atoms with Gasteiger partial charge in [-0.25, -0.2) is 9.97 Å². The van der Waals surface area contributed by atoms with Crippen LogP contribution in [0.25, 0.3) is 0 Å². The quantitative estimate of drug-likeness (QED) is 0.817.